The van der Waals surface area contributed by atoms with Crippen molar-refractivity contribution in [3.05, 3.63) is 23.5 Å². The van der Waals surface area contributed by atoms with Gasteiger partial charge in [-0.25, -0.2) is 4.79 Å². The lowest BCUT2D eigenvalue weighted by Crippen LogP contribution is -2.14. The van der Waals surface area contributed by atoms with Crippen LogP contribution in [-0.4, -0.2) is 27.2 Å². The molecule has 0 aliphatic carbocycles. The molecule has 0 saturated carbocycles. The van der Waals surface area contributed by atoms with Gasteiger partial charge in [0.15, 0.2) is 11.4 Å². The van der Waals surface area contributed by atoms with Gasteiger partial charge in [0, 0.05) is 0 Å². The third-order valence-corrected chi connectivity index (χ3v) is 1.14. The van der Waals surface area contributed by atoms with Crippen molar-refractivity contribution in [1.29, 1.82) is 0 Å². The van der Waals surface area contributed by atoms with Crippen LogP contribution < -0.4 is 5.73 Å². The van der Waals surface area contributed by atoms with Gasteiger partial charge in [-0.3, -0.25) is 4.79 Å². The fraction of sp³-hybridized carbons (Fsp3) is 0. The number of hydrogen-bond acceptors (Lipinski definition) is 4. The maximum Gasteiger partial charge on any atom is 0.356 e. The molecular formula is C6H5N3O3. The molecule has 0 aromatic carbocycles. The molecule has 62 valence electrons. The quantitative estimate of drug-likeness (QED) is 0.604. The van der Waals surface area contributed by atoms with Gasteiger partial charge < -0.3 is 10.8 Å². The first-order chi connectivity index (χ1) is 5.61. The third-order valence-electron chi connectivity index (χ3n) is 1.14. The average Bonchev–Trinajstić information content (AvgIpc) is 2.04. The Kier molecular flexibility index (Phi) is 2.00. The maximum absolute atomic E-state index is 10.5. The Morgan fingerprint density at radius 1 is 1.25 bits per heavy atom. The Hall–Kier alpha value is -1.98. The van der Waals surface area contributed by atoms with Crippen molar-refractivity contribution >= 4 is 11.9 Å². The summed E-state index contributed by atoms with van der Waals surface area (Å²) in [6, 6.07) is 2.37. The normalized spacial score (nSPS) is 9.33. The van der Waals surface area contributed by atoms with E-state index in [1.807, 2.05) is 0 Å². The molecule has 1 heterocycles. The van der Waals surface area contributed by atoms with Crippen molar-refractivity contribution in [2.45, 2.75) is 0 Å². The molecule has 3 N–H and O–H groups in total. The monoisotopic (exact) mass is 167 g/mol. The number of carbonyl (C=O) groups is 2. The topological polar surface area (TPSA) is 106 Å². The highest BCUT2D eigenvalue weighted by Gasteiger charge is 2.07. The molecule has 6 nitrogen and oxygen atoms in total. The Balaban J connectivity index is 3.01. The minimum atomic E-state index is -1.20. The van der Waals surface area contributed by atoms with Gasteiger partial charge in [-0.1, -0.05) is 0 Å². The van der Waals surface area contributed by atoms with E-state index in [4.69, 9.17) is 10.8 Å². The number of carboxylic acid groups (broad SMARTS) is 1. The molecule has 0 bridgehead atoms. The van der Waals surface area contributed by atoms with Crippen LogP contribution in [0.15, 0.2) is 12.1 Å². The number of rotatable bonds is 2. The molecule has 12 heavy (non-hydrogen) atoms. The molecule has 0 saturated heterocycles. The molecule has 0 radical (unpaired) electrons. The zero-order chi connectivity index (χ0) is 9.14. The summed E-state index contributed by atoms with van der Waals surface area (Å²) in [5, 5.41) is 14.9. The summed E-state index contributed by atoms with van der Waals surface area (Å²) in [5.41, 5.74) is 4.57. The molecule has 1 aromatic heterocycles. The highest BCUT2D eigenvalue weighted by atomic mass is 16.4. The van der Waals surface area contributed by atoms with Gasteiger partial charge in [0.1, 0.15) is 0 Å². The van der Waals surface area contributed by atoms with Crippen molar-refractivity contribution in [1.82, 2.24) is 10.2 Å². The Morgan fingerprint density at radius 3 is 2.08 bits per heavy atom. The standard InChI is InChI=1S/C6H5N3O3/c7-5(10)3-1-2-4(6(11)12)9-8-3/h1-2H,(H2,7,10)(H,11,12). The van der Waals surface area contributed by atoms with E-state index in [0.29, 0.717) is 0 Å². The molecule has 6 heteroatoms. The van der Waals surface area contributed by atoms with Crippen molar-refractivity contribution < 1.29 is 14.7 Å². The smallest absolute Gasteiger partial charge is 0.356 e. The second-order valence-corrected chi connectivity index (χ2v) is 1.97. The van der Waals surface area contributed by atoms with E-state index in [1.54, 1.807) is 0 Å². The molecule has 1 rings (SSSR count). The maximum atomic E-state index is 10.5. The minimum Gasteiger partial charge on any atom is -0.476 e. The van der Waals surface area contributed by atoms with Gasteiger partial charge in [-0.2, -0.15) is 0 Å². The second kappa shape index (κ2) is 2.95. The van der Waals surface area contributed by atoms with Crippen LogP contribution in [0.25, 0.3) is 0 Å². The predicted octanol–water partition coefficient (Wildman–Crippen LogP) is -0.726. The number of carboxylic acids is 1. The first-order valence-electron chi connectivity index (χ1n) is 2.98. The van der Waals surface area contributed by atoms with Gasteiger partial charge in [-0.05, 0) is 12.1 Å². The third kappa shape index (κ3) is 1.54. The van der Waals surface area contributed by atoms with Gasteiger partial charge in [0.2, 0.25) is 0 Å². The van der Waals surface area contributed by atoms with E-state index < -0.39 is 11.9 Å². The van der Waals surface area contributed by atoms with Gasteiger partial charge >= 0.3 is 5.97 Å². The lowest BCUT2D eigenvalue weighted by Gasteiger charge is -1.93. The van der Waals surface area contributed by atoms with Crippen molar-refractivity contribution in [2.24, 2.45) is 5.73 Å². The zero-order valence-electron chi connectivity index (χ0n) is 5.89. The van der Waals surface area contributed by atoms with Gasteiger partial charge in [0.05, 0.1) is 0 Å². The van der Waals surface area contributed by atoms with E-state index >= 15 is 0 Å². The summed E-state index contributed by atoms with van der Waals surface area (Å²) in [4.78, 5) is 20.7. The van der Waals surface area contributed by atoms with E-state index in [9.17, 15) is 9.59 Å². The number of hydrogen-bond donors (Lipinski definition) is 2. The summed E-state index contributed by atoms with van der Waals surface area (Å²) in [7, 11) is 0. The predicted molar refractivity (Wildman–Crippen MR) is 37.5 cm³/mol. The molecule has 0 unspecified atom stereocenters. The fourth-order valence-electron chi connectivity index (χ4n) is 0.578. The van der Waals surface area contributed by atoms with Crippen LogP contribution in [0.5, 0.6) is 0 Å². The van der Waals surface area contributed by atoms with E-state index in [-0.39, 0.29) is 11.4 Å². The SMILES string of the molecule is NC(=O)c1ccc(C(=O)O)nn1. The molecule has 0 spiro atoms. The Labute approximate surface area is 67.0 Å². The second-order valence-electron chi connectivity index (χ2n) is 1.97. The number of primary amides is 1. The van der Waals surface area contributed by atoms with Gasteiger partial charge in [0.25, 0.3) is 5.91 Å². The van der Waals surface area contributed by atoms with Crippen LogP contribution in [0.3, 0.4) is 0 Å². The molecule has 0 fully saturated rings. The Bertz CT molecular complexity index is 286. The lowest BCUT2D eigenvalue weighted by molar-refractivity contribution is 0.0688. The number of aromatic carboxylic acids is 1. The number of amides is 1. The summed E-state index contributed by atoms with van der Waals surface area (Å²) in [6.45, 7) is 0. The molecule has 1 amide bonds. The fourth-order valence-corrected chi connectivity index (χ4v) is 0.578. The average molecular weight is 167 g/mol. The van der Waals surface area contributed by atoms with E-state index in [1.165, 1.54) is 6.07 Å². The molecular weight excluding hydrogens is 162 g/mol. The molecule has 0 atom stereocenters. The molecule has 1 aromatic rings. The summed E-state index contributed by atoms with van der Waals surface area (Å²) >= 11 is 0. The van der Waals surface area contributed by atoms with Crippen LogP contribution in [0.4, 0.5) is 0 Å². The van der Waals surface area contributed by atoms with E-state index in [0.717, 1.165) is 6.07 Å². The number of aromatic nitrogens is 2. The summed E-state index contributed by atoms with van der Waals surface area (Å²) in [5.74, 6) is -1.93. The van der Waals surface area contributed by atoms with Crippen LogP contribution in [0.1, 0.15) is 21.0 Å². The number of carbonyl (C=O) groups excluding carboxylic acids is 1. The van der Waals surface area contributed by atoms with Crippen molar-refractivity contribution in [2.75, 3.05) is 0 Å². The zero-order valence-corrected chi connectivity index (χ0v) is 5.89. The van der Waals surface area contributed by atoms with Crippen LogP contribution in [0.2, 0.25) is 0 Å². The molecule has 0 aliphatic heterocycles. The number of nitrogens with zero attached hydrogens (tertiary/aromatic N) is 2. The Morgan fingerprint density at radius 2 is 1.75 bits per heavy atom. The van der Waals surface area contributed by atoms with Crippen LogP contribution in [0, 0.1) is 0 Å². The summed E-state index contributed by atoms with van der Waals surface area (Å²) in [6.07, 6.45) is 0. The first-order valence-corrected chi connectivity index (χ1v) is 2.98. The number of nitrogens with two attached hydrogens (primary N) is 1. The van der Waals surface area contributed by atoms with Crippen molar-refractivity contribution in [3.63, 3.8) is 0 Å². The first kappa shape index (κ1) is 8.12. The van der Waals surface area contributed by atoms with Crippen LogP contribution >= 0.6 is 0 Å². The van der Waals surface area contributed by atoms with Crippen LogP contribution in [-0.2, 0) is 0 Å². The molecule has 0 aliphatic rings. The highest BCUT2D eigenvalue weighted by molar-refractivity contribution is 5.91. The highest BCUT2D eigenvalue weighted by Crippen LogP contribution is 1.94. The van der Waals surface area contributed by atoms with Crippen molar-refractivity contribution in [3.8, 4) is 0 Å². The summed E-state index contributed by atoms with van der Waals surface area (Å²) < 4.78 is 0. The lowest BCUT2D eigenvalue weighted by atomic mass is 10.3. The largest absolute Gasteiger partial charge is 0.476 e. The van der Waals surface area contributed by atoms with Gasteiger partial charge in [-0.15, -0.1) is 10.2 Å². The van der Waals surface area contributed by atoms with E-state index in [2.05, 4.69) is 10.2 Å². The minimum absolute atomic E-state index is 0.0556.